The second-order valence-electron chi connectivity index (χ2n) is 4.74. The molecule has 0 fully saturated rings. The van der Waals surface area contributed by atoms with E-state index in [1.54, 1.807) is 6.20 Å². The van der Waals surface area contributed by atoms with E-state index in [2.05, 4.69) is 29.5 Å². The summed E-state index contributed by atoms with van der Waals surface area (Å²) in [6.45, 7) is 3.57. The van der Waals surface area contributed by atoms with Crippen LogP contribution in [0.25, 0.3) is 0 Å². The molecule has 0 bridgehead atoms. The smallest absolute Gasteiger partial charge is 0.174 e. The fourth-order valence-electron chi connectivity index (χ4n) is 2.68. The summed E-state index contributed by atoms with van der Waals surface area (Å²) < 4.78 is 10.9. The lowest BCUT2D eigenvalue weighted by Gasteiger charge is -2.13. The maximum absolute atomic E-state index is 5.86. The van der Waals surface area contributed by atoms with Crippen molar-refractivity contribution >= 4 is 0 Å². The maximum atomic E-state index is 5.86. The molecule has 0 spiro atoms. The Morgan fingerprint density at radius 1 is 1.42 bits per heavy atom. The molecule has 4 nitrogen and oxygen atoms in total. The normalized spacial score (nSPS) is 17.4. The highest BCUT2D eigenvalue weighted by atomic mass is 16.5. The van der Waals surface area contributed by atoms with Crippen molar-refractivity contribution in [2.75, 3.05) is 6.54 Å². The molecular weight excluding hydrogens is 240 g/mol. The Morgan fingerprint density at radius 3 is 3.16 bits per heavy atom. The third-order valence-electron chi connectivity index (χ3n) is 3.54. The Bertz CT molecular complexity index is 537. The Kier molecular flexibility index (Phi) is 3.51. The van der Waals surface area contributed by atoms with E-state index >= 15 is 0 Å². The first kappa shape index (κ1) is 12.2. The molecule has 1 N–H and O–H groups in total. The summed E-state index contributed by atoms with van der Waals surface area (Å²) in [5, 5.41) is 7.19. The van der Waals surface area contributed by atoms with E-state index in [9.17, 15) is 0 Å². The highest BCUT2D eigenvalue weighted by Crippen LogP contribution is 2.37. The Hall–Kier alpha value is -1.81. The molecule has 0 aliphatic heterocycles. The molecule has 0 radical (unpaired) electrons. The topological polar surface area (TPSA) is 47.3 Å². The molecule has 1 unspecified atom stereocenters. The predicted octanol–water partition coefficient (Wildman–Crippen LogP) is 2.85. The summed E-state index contributed by atoms with van der Waals surface area (Å²) in [5.41, 5.74) is 2.70. The highest BCUT2D eigenvalue weighted by Gasteiger charge is 2.24. The third kappa shape index (κ3) is 2.49. The molecule has 4 heteroatoms. The lowest BCUT2D eigenvalue weighted by atomic mass is 10.1. The van der Waals surface area contributed by atoms with Gasteiger partial charge in [-0.3, -0.25) is 0 Å². The predicted molar refractivity (Wildman–Crippen MR) is 72.0 cm³/mol. The summed E-state index contributed by atoms with van der Waals surface area (Å²) in [5.74, 6) is 1.72. The van der Waals surface area contributed by atoms with Crippen molar-refractivity contribution in [3.8, 4) is 5.75 Å². The largest absolute Gasteiger partial charge is 0.485 e. The molecule has 1 aliphatic carbocycles. The minimum absolute atomic E-state index is 0.433. The zero-order chi connectivity index (χ0) is 13.1. The van der Waals surface area contributed by atoms with Crippen LogP contribution in [-0.4, -0.2) is 11.7 Å². The van der Waals surface area contributed by atoms with Crippen LogP contribution in [0.15, 0.2) is 35.0 Å². The van der Waals surface area contributed by atoms with Crippen LogP contribution < -0.4 is 10.1 Å². The molecule has 1 atom stereocenters. The number of aromatic nitrogens is 1. The Labute approximate surface area is 112 Å². The minimum Gasteiger partial charge on any atom is -0.485 e. The van der Waals surface area contributed by atoms with Crippen LogP contribution in [0.3, 0.4) is 0 Å². The Morgan fingerprint density at radius 2 is 2.37 bits per heavy atom. The van der Waals surface area contributed by atoms with E-state index < -0.39 is 0 Å². The SMILES string of the molecule is CCNC1CCc2c(OCc3ccno3)cccc21. The average molecular weight is 258 g/mol. The molecule has 1 aliphatic rings. The van der Waals surface area contributed by atoms with Gasteiger partial charge >= 0.3 is 0 Å². The number of nitrogens with zero attached hydrogens (tertiary/aromatic N) is 1. The van der Waals surface area contributed by atoms with Crippen molar-refractivity contribution in [3.63, 3.8) is 0 Å². The molecule has 0 saturated carbocycles. The molecular formula is C15H18N2O2. The summed E-state index contributed by atoms with van der Waals surface area (Å²) >= 11 is 0. The number of rotatable bonds is 5. The summed E-state index contributed by atoms with van der Waals surface area (Å²) in [4.78, 5) is 0. The van der Waals surface area contributed by atoms with E-state index in [1.807, 2.05) is 12.1 Å². The van der Waals surface area contributed by atoms with E-state index in [0.29, 0.717) is 12.6 Å². The van der Waals surface area contributed by atoms with Gasteiger partial charge in [-0.15, -0.1) is 0 Å². The molecule has 1 aromatic carbocycles. The summed E-state index contributed by atoms with van der Waals surface area (Å²) in [6.07, 6.45) is 3.85. The quantitative estimate of drug-likeness (QED) is 0.895. The van der Waals surface area contributed by atoms with Gasteiger partial charge in [0, 0.05) is 12.1 Å². The van der Waals surface area contributed by atoms with Crippen LogP contribution in [0.2, 0.25) is 0 Å². The third-order valence-corrected chi connectivity index (χ3v) is 3.54. The number of nitrogens with one attached hydrogen (secondary N) is 1. The van der Waals surface area contributed by atoms with Crippen molar-refractivity contribution in [3.05, 3.63) is 47.3 Å². The van der Waals surface area contributed by atoms with Gasteiger partial charge in [0.25, 0.3) is 0 Å². The van der Waals surface area contributed by atoms with Crippen molar-refractivity contribution in [1.29, 1.82) is 0 Å². The fourth-order valence-corrected chi connectivity index (χ4v) is 2.68. The molecule has 1 aromatic heterocycles. The number of hydrogen-bond donors (Lipinski definition) is 1. The maximum Gasteiger partial charge on any atom is 0.174 e. The van der Waals surface area contributed by atoms with Crippen LogP contribution in [-0.2, 0) is 13.0 Å². The van der Waals surface area contributed by atoms with Gasteiger partial charge in [-0.2, -0.15) is 0 Å². The summed E-state index contributed by atoms with van der Waals surface area (Å²) in [6, 6.07) is 8.57. The van der Waals surface area contributed by atoms with Gasteiger partial charge in [0.05, 0.1) is 6.20 Å². The van der Waals surface area contributed by atoms with Crippen molar-refractivity contribution < 1.29 is 9.26 Å². The monoisotopic (exact) mass is 258 g/mol. The van der Waals surface area contributed by atoms with Crippen LogP contribution in [0.4, 0.5) is 0 Å². The molecule has 100 valence electrons. The molecule has 0 amide bonds. The van der Waals surface area contributed by atoms with E-state index in [4.69, 9.17) is 9.26 Å². The second kappa shape index (κ2) is 5.45. The lowest BCUT2D eigenvalue weighted by Crippen LogP contribution is -2.18. The molecule has 19 heavy (non-hydrogen) atoms. The van der Waals surface area contributed by atoms with Crippen LogP contribution in [0.5, 0.6) is 5.75 Å². The molecule has 2 aromatic rings. The fraction of sp³-hybridized carbons (Fsp3) is 0.400. The van der Waals surface area contributed by atoms with Crippen molar-refractivity contribution in [2.45, 2.75) is 32.4 Å². The first-order valence-corrected chi connectivity index (χ1v) is 6.76. The van der Waals surface area contributed by atoms with Gasteiger partial charge in [0.15, 0.2) is 5.76 Å². The van der Waals surface area contributed by atoms with Gasteiger partial charge in [-0.25, -0.2) is 0 Å². The highest BCUT2D eigenvalue weighted by molar-refractivity contribution is 5.45. The lowest BCUT2D eigenvalue weighted by molar-refractivity contribution is 0.247. The van der Waals surface area contributed by atoms with Crippen molar-refractivity contribution in [2.24, 2.45) is 0 Å². The van der Waals surface area contributed by atoms with Gasteiger partial charge < -0.3 is 14.6 Å². The number of ether oxygens (including phenoxy) is 1. The van der Waals surface area contributed by atoms with E-state index in [1.165, 1.54) is 11.1 Å². The van der Waals surface area contributed by atoms with Crippen molar-refractivity contribution in [1.82, 2.24) is 10.5 Å². The Balaban J connectivity index is 1.76. The minimum atomic E-state index is 0.433. The van der Waals surface area contributed by atoms with Gasteiger partial charge in [0.1, 0.15) is 12.4 Å². The summed E-state index contributed by atoms with van der Waals surface area (Å²) in [7, 11) is 0. The van der Waals surface area contributed by atoms with Crippen LogP contribution in [0.1, 0.15) is 36.3 Å². The molecule has 0 saturated heterocycles. The number of hydrogen-bond acceptors (Lipinski definition) is 4. The standard InChI is InChI=1S/C15H18N2O2/c1-2-16-14-7-6-13-12(14)4-3-5-15(13)18-10-11-8-9-17-19-11/h3-5,8-9,14,16H,2,6-7,10H2,1H3. The first-order valence-electron chi connectivity index (χ1n) is 6.76. The zero-order valence-electron chi connectivity index (χ0n) is 11.1. The molecule has 1 heterocycles. The first-order chi connectivity index (χ1) is 9.38. The van der Waals surface area contributed by atoms with Crippen LogP contribution in [0, 0.1) is 0 Å². The van der Waals surface area contributed by atoms with Gasteiger partial charge in [-0.1, -0.05) is 24.2 Å². The van der Waals surface area contributed by atoms with E-state index in [-0.39, 0.29) is 0 Å². The number of fused-ring (bicyclic) bond motifs is 1. The van der Waals surface area contributed by atoms with E-state index in [0.717, 1.165) is 30.9 Å². The average Bonchev–Trinajstić information content (AvgIpc) is 3.07. The molecule has 3 rings (SSSR count). The second-order valence-corrected chi connectivity index (χ2v) is 4.74. The van der Waals surface area contributed by atoms with Gasteiger partial charge in [0.2, 0.25) is 0 Å². The number of benzene rings is 1. The zero-order valence-corrected chi connectivity index (χ0v) is 11.1. The van der Waals surface area contributed by atoms with Crippen LogP contribution >= 0.6 is 0 Å². The van der Waals surface area contributed by atoms with Gasteiger partial charge in [-0.05, 0) is 36.6 Å².